The molecule has 0 aliphatic carbocycles. The zero-order valence-corrected chi connectivity index (χ0v) is 18.7. The van der Waals surface area contributed by atoms with Gasteiger partial charge in [-0.2, -0.15) is 5.10 Å². The fourth-order valence-corrected chi connectivity index (χ4v) is 3.92. The van der Waals surface area contributed by atoms with E-state index in [1.807, 2.05) is 42.8 Å². The SMILES string of the molecule is CCn1ncc(-c2cc(C(=O)Nc3ncn(Cc4ccccc4F)n3)c3ccccc3n2)c1C. The molecule has 0 aliphatic heterocycles. The van der Waals surface area contributed by atoms with Crippen LogP contribution in [0, 0.1) is 12.7 Å². The molecule has 5 aromatic rings. The van der Waals surface area contributed by atoms with Crippen molar-refractivity contribution in [2.75, 3.05) is 5.32 Å². The van der Waals surface area contributed by atoms with Crippen LogP contribution in [0.1, 0.15) is 28.5 Å². The average molecular weight is 455 g/mol. The van der Waals surface area contributed by atoms with Gasteiger partial charge >= 0.3 is 0 Å². The highest BCUT2D eigenvalue weighted by Gasteiger charge is 2.18. The number of nitrogens with zero attached hydrogens (tertiary/aromatic N) is 6. The van der Waals surface area contributed by atoms with Gasteiger partial charge in [0.25, 0.3) is 5.91 Å². The summed E-state index contributed by atoms with van der Waals surface area (Å²) in [5.41, 5.74) is 4.15. The number of nitrogens with one attached hydrogen (secondary N) is 1. The molecule has 9 heteroatoms. The number of amides is 1. The van der Waals surface area contributed by atoms with E-state index in [4.69, 9.17) is 4.98 Å². The molecule has 1 N–H and O–H groups in total. The molecule has 2 aromatic carbocycles. The summed E-state index contributed by atoms with van der Waals surface area (Å²) in [4.78, 5) is 22.2. The Morgan fingerprint density at radius 1 is 1.12 bits per heavy atom. The molecule has 170 valence electrons. The van der Waals surface area contributed by atoms with E-state index in [-0.39, 0.29) is 24.2 Å². The summed E-state index contributed by atoms with van der Waals surface area (Å²) in [6.45, 7) is 4.95. The van der Waals surface area contributed by atoms with Crippen LogP contribution in [0.3, 0.4) is 0 Å². The number of hydrogen-bond acceptors (Lipinski definition) is 5. The van der Waals surface area contributed by atoms with Crippen LogP contribution in [0.5, 0.6) is 0 Å². The third-order valence-corrected chi connectivity index (χ3v) is 5.69. The molecule has 3 heterocycles. The first-order chi connectivity index (χ1) is 16.5. The molecular formula is C25H22FN7O. The standard InChI is InChI=1S/C25H22FN7O/c1-3-33-16(2)20(13-28-33)23-12-19(18-9-5-7-11-22(18)29-23)24(34)30-25-27-15-32(31-25)14-17-8-4-6-10-21(17)26/h4-13,15H,3,14H2,1-2H3,(H,30,31,34). The normalized spacial score (nSPS) is 11.1. The van der Waals surface area contributed by atoms with Crippen LogP contribution < -0.4 is 5.32 Å². The average Bonchev–Trinajstić information content (AvgIpc) is 3.45. The Hall–Kier alpha value is -4.40. The van der Waals surface area contributed by atoms with Crippen molar-refractivity contribution in [2.45, 2.75) is 26.9 Å². The lowest BCUT2D eigenvalue weighted by Gasteiger charge is -2.09. The van der Waals surface area contributed by atoms with Crippen LogP contribution in [-0.4, -0.2) is 35.4 Å². The fourth-order valence-electron chi connectivity index (χ4n) is 3.92. The van der Waals surface area contributed by atoms with Gasteiger partial charge in [0, 0.05) is 28.8 Å². The maximum atomic E-state index is 13.9. The molecule has 5 rings (SSSR count). The Kier molecular flexibility index (Phi) is 5.59. The first-order valence-corrected chi connectivity index (χ1v) is 10.9. The molecule has 1 amide bonds. The minimum absolute atomic E-state index is 0.138. The summed E-state index contributed by atoms with van der Waals surface area (Å²) >= 11 is 0. The van der Waals surface area contributed by atoms with Crippen molar-refractivity contribution >= 4 is 22.8 Å². The van der Waals surface area contributed by atoms with Crippen molar-refractivity contribution < 1.29 is 9.18 Å². The number of para-hydroxylation sites is 1. The van der Waals surface area contributed by atoms with Gasteiger partial charge in [0.2, 0.25) is 5.95 Å². The van der Waals surface area contributed by atoms with E-state index >= 15 is 0 Å². The topological polar surface area (TPSA) is 90.5 Å². The number of aromatic nitrogens is 6. The van der Waals surface area contributed by atoms with E-state index in [0.29, 0.717) is 22.3 Å². The Morgan fingerprint density at radius 2 is 1.91 bits per heavy atom. The van der Waals surface area contributed by atoms with E-state index in [1.165, 1.54) is 17.1 Å². The maximum Gasteiger partial charge on any atom is 0.258 e. The maximum absolute atomic E-state index is 13.9. The van der Waals surface area contributed by atoms with Crippen molar-refractivity contribution in [1.82, 2.24) is 29.5 Å². The summed E-state index contributed by atoms with van der Waals surface area (Å²) < 4.78 is 17.3. The van der Waals surface area contributed by atoms with Gasteiger partial charge in [0.05, 0.1) is 29.5 Å². The number of hydrogen-bond donors (Lipinski definition) is 1. The van der Waals surface area contributed by atoms with Crippen LogP contribution in [0.25, 0.3) is 22.2 Å². The second kappa shape index (κ2) is 8.86. The molecular weight excluding hydrogens is 433 g/mol. The van der Waals surface area contributed by atoms with E-state index in [1.54, 1.807) is 30.5 Å². The number of anilines is 1. The molecule has 0 fully saturated rings. The number of benzene rings is 2. The van der Waals surface area contributed by atoms with Crippen molar-refractivity contribution in [3.05, 3.63) is 89.8 Å². The first kappa shape index (κ1) is 21.4. The summed E-state index contributed by atoms with van der Waals surface area (Å²) in [5.74, 6) is -0.538. The van der Waals surface area contributed by atoms with Crippen molar-refractivity contribution in [1.29, 1.82) is 0 Å². The molecule has 0 aliphatic rings. The van der Waals surface area contributed by atoms with Gasteiger partial charge in [-0.15, -0.1) is 5.10 Å². The molecule has 0 bridgehead atoms. The third kappa shape index (κ3) is 4.03. The number of pyridine rings is 1. The summed E-state index contributed by atoms with van der Waals surface area (Å²) in [5, 5.41) is 12.2. The fraction of sp³-hybridized carbons (Fsp3) is 0.160. The number of rotatable bonds is 6. The molecule has 34 heavy (non-hydrogen) atoms. The number of carbonyl (C=O) groups excluding carboxylic acids is 1. The summed E-state index contributed by atoms with van der Waals surface area (Å²) in [7, 11) is 0. The Balaban J connectivity index is 1.46. The Bertz CT molecular complexity index is 1500. The first-order valence-electron chi connectivity index (χ1n) is 10.9. The molecule has 8 nitrogen and oxygen atoms in total. The van der Waals surface area contributed by atoms with Gasteiger partial charge < -0.3 is 0 Å². The van der Waals surface area contributed by atoms with E-state index in [2.05, 4.69) is 20.5 Å². The predicted molar refractivity (Wildman–Crippen MR) is 127 cm³/mol. The second-order valence-electron chi connectivity index (χ2n) is 7.84. The van der Waals surface area contributed by atoms with Crippen LogP contribution in [-0.2, 0) is 13.1 Å². The molecule has 0 spiro atoms. The van der Waals surface area contributed by atoms with Gasteiger partial charge in [0.1, 0.15) is 12.1 Å². The van der Waals surface area contributed by atoms with Gasteiger partial charge in [-0.1, -0.05) is 36.4 Å². The van der Waals surface area contributed by atoms with Crippen molar-refractivity contribution in [3.8, 4) is 11.3 Å². The molecule has 0 saturated heterocycles. The Morgan fingerprint density at radius 3 is 2.71 bits per heavy atom. The highest BCUT2D eigenvalue weighted by molar-refractivity contribution is 6.12. The minimum Gasteiger partial charge on any atom is -0.289 e. The predicted octanol–water partition coefficient (Wildman–Crippen LogP) is 4.46. The van der Waals surface area contributed by atoms with Crippen LogP contribution in [0.15, 0.2) is 67.1 Å². The van der Waals surface area contributed by atoms with Crippen molar-refractivity contribution in [2.24, 2.45) is 0 Å². The van der Waals surface area contributed by atoms with E-state index in [0.717, 1.165) is 23.2 Å². The van der Waals surface area contributed by atoms with Crippen LogP contribution >= 0.6 is 0 Å². The zero-order valence-electron chi connectivity index (χ0n) is 18.7. The van der Waals surface area contributed by atoms with E-state index < -0.39 is 0 Å². The summed E-state index contributed by atoms with van der Waals surface area (Å²) in [6.07, 6.45) is 3.23. The highest BCUT2D eigenvalue weighted by atomic mass is 19.1. The van der Waals surface area contributed by atoms with E-state index in [9.17, 15) is 9.18 Å². The lowest BCUT2D eigenvalue weighted by Crippen LogP contribution is -2.14. The highest BCUT2D eigenvalue weighted by Crippen LogP contribution is 2.27. The monoisotopic (exact) mass is 455 g/mol. The number of fused-ring (bicyclic) bond motifs is 1. The smallest absolute Gasteiger partial charge is 0.258 e. The molecule has 0 radical (unpaired) electrons. The van der Waals surface area contributed by atoms with Gasteiger partial charge in [0.15, 0.2) is 0 Å². The second-order valence-corrected chi connectivity index (χ2v) is 7.84. The quantitative estimate of drug-likeness (QED) is 0.408. The largest absolute Gasteiger partial charge is 0.289 e. The molecule has 0 unspecified atom stereocenters. The van der Waals surface area contributed by atoms with Gasteiger partial charge in [-0.05, 0) is 32.0 Å². The van der Waals surface area contributed by atoms with Crippen LogP contribution in [0.2, 0.25) is 0 Å². The van der Waals surface area contributed by atoms with Gasteiger partial charge in [-0.25, -0.2) is 19.0 Å². The van der Waals surface area contributed by atoms with Crippen molar-refractivity contribution in [3.63, 3.8) is 0 Å². The molecule has 0 saturated carbocycles. The third-order valence-electron chi connectivity index (χ3n) is 5.69. The van der Waals surface area contributed by atoms with Crippen LogP contribution in [0.4, 0.5) is 10.3 Å². The lowest BCUT2D eigenvalue weighted by molar-refractivity contribution is 0.102. The lowest BCUT2D eigenvalue weighted by atomic mass is 10.0. The Labute approximate surface area is 195 Å². The minimum atomic E-state index is -0.357. The number of halogens is 1. The van der Waals surface area contributed by atoms with Gasteiger partial charge in [-0.3, -0.25) is 14.8 Å². The molecule has 0 atom stereocenters. The molecule has 3 aromatic heterocycles. The number of aryl methyl sites for hydroxylation is 1. The number of carbonyl (C=O) groups is 1. The zero-order chi connectivity index (χ0) is 23.7. The summed E-state index contributed by atoms with van der Waals surface area (Å²) in [6, 6.07) is 15.7.